The molecule has 0 bridgehead atoms. The second-order valence-corrected chi connectivity index (χ2v) is 5.58. The number of rotatable bonds is 1. The van der Waals surface area contributed by atoms with Gasteiger partial charge in [0.1, 0.15) is 0 Å². The highest BCUT2D eigenvalue weighted by atomic mass is 15.4. The molecule has 0 spiro atoms. The number of pyridine rings is 1. The van der Waals surface area contributed by atoms with Crippen molar-refractivity contribution in [2.75, 3.05) is 17.2 Å². The molecule has 0 radical (unpaired) electrons. The number of fused-ring (bicyclic) bond motifs is 2. The smallest absolute Gasteiger partial charge is 0.245 e. The average molecular weight is 279 g/mol. The molecule has 5 heteroatoms. The Bertz CT molecular complexity index is 821. The van der Waals surface area contributed by atoms with Crippen LogP contribution >= 0.6 is 0 Å². The fourth-order valence-corrected chi connectivity index (χ4v) is 2.89. The van der Waals surface area contributed by atoms with E-state index in [2.05, 4.69) is 34.0 Å². The first-order valence-corrected chi connectivity index (χ1v) is 7.15. The van der Waals surface area contributed by atoms with Crippen LogP contribution < -0.4 is 10.6 Å². The zero-order valence-electron chi connectivity index (χ0n) is 12.0. The highest BCUT2D eigenvalue weighted by Crippen LogP contribution is 2.26. The molecule has 21 heavy (non-hydrogen) atoms. The van der Waals surface area contributed by atoms with Crippen LogP contribution in [-0.4, -0.2) is 21.1 Å². The molecule has 1 aliphatic rings. The molecule has 106 valence electrons. The second-order valence-electron chi connectivity index (χ2n) is 5.58. The van der Waals surface area contributed by atoms with Crippen LogP contribution in [0.4, 0.5) is 11.6 Å². The van der Waals surface area contributed by atoms with Crippen LogP contribution in [0.5, 0.6) is 0 Å². The van der Waals surface area contributed by atoms with E-state index < -0.39 is 0 Å². The van der Waals surface area contributed by atoms with Crippen LogP contribution in [0.3, 0.4) is 0 Å². The van der Waals surface area contributed by atoms with Crippen LogP contribution in [0, 0.1) is 6.92 Å². The topological polar surface area (TPSA) is 59.5 Å². The van der Waals surface area contributed by atoms with E-state index in [4.69, 9.17) is 5.73 Å². The van der Waals surface area contributed by atoms with Gasteiger partial charge in [-0.15, -0.1) is 5.10 Å². The first-order chi connectivity index (χ1) is 10.2. The molecule has 0 unspecified atom stereocenters. The van der Waals surface area contributed by atoms with Crippen molar-refractivity contribution in [1.82, 2.24) is 14.6 Å². The Labute approximate surface area is 123 Å². The van der Waals surface area contributed by atoms with Gasteiger partial charge < -0.3 is 10.6 Å². The lowest BCUT2D eigenvalue weighted by molar-refractivity contribution is 0.708. The molecule has 0 fully saturated rings. The highest BCUT2D eigenvalue weighted by molar-refractivity contribution is 5.55. The van der Waals surface area contributed by atoms with Crippen LogP contribution in [0.25, 0.3) is 5.65 Å². The molecule has 2 N–H and O–H groups in total. The Kier molecular flexibility index (Phi) is 2.60. The maximum atomic E-state index is 6.10. The molecule has 5 nitrogen and oxygen atoms in total. The molecule has 0 saturated carbocycles. The Morgan fingerprint density at radius 1 is 1.19 bits per heavy atom. The summed E-state index contributed by atoms with van der Waals surface area (Å²) in [6, 6.07) is 10.2. The summed E-state index contributed by atoms with van der Waals surface area (Å²) in [5.74, 6) is 0.773. The van der Waals surface area contributed by atoms with Crippen LogP contribution in [0.15, 0.2) is 36.5 Å². The van der Waals surface area contributed by atoms with Crippen molar-refractivity contribution in [2.45, 2.75) is 19.9 Å². The van der Waals surface area contributed by atoms with Gasteiger partial charge in [0.25, 0.3) is 0 Å². The normalized spacial score (nSPS) is 14.4. The van der Waals surface area contributed by atoms with Crippen LogP contribution in [-0.2, 0) is 13.0 Å². The number of nitrogens with two attached hydrogens (primary N) is 1. The summed E-state index contributed by atoms with van der Waals surface area (Å²) < 4.78 is 1.84. The molecule has 3 heterocycles. The van der Waals surface area contributed by atoms with E-state index in [-0.39, 0.29) is 0 Å². The van der Waals surface area contributed by atoms with Crippen molar-refractivity contribution in [1.29, 1.82) is 0 Å². The first-order valence-electron chi connectivity index (χ1n) is 7.15. The van der Waals surface area contributed by atoms with Crippen LogP contribution in [0.1, 0.15) is 16.7 Å². The molecule has 0 amide bonds. The summed E-state index contributed by atoms with van der Waals surface area (Å²) in [6.07, 6.45) is 2.98. The van der Waals surface area contributed by atoms with E-state index in [0.717, 1.165) is 36.8 Å². The van der Waals surface area contributed by atoms with Gasteiger partial charge in [-0.05, 0) is 42.2 Å². The number of hydrogen-bond donors (Lipinski definition) is 1. The third-order valence-corrected chi connectivity index (χ3v) is 4.06. The van der Waals surface area contributed by atoms with E-state index >= 15 is 0 Å². The van der Waals surface area contributed by atoms with Crippen molar-refractivity contribution < 1.29 is 0 Å². The van der Waals surface area contributed by atoms with Gasteiger partial charge in [-0.1, -0.05) is 18.2 Å². The van der Waals surface area contributed by atoms with Gasteiger partial charge in [-0.25, -0.2) is 4.52 Å². The van der Waals surface area contributed by atoms with E-state index in [1.165, 1.54) is 16.7 Å². The zero-order chi connectivity index (χ0) is 14.4. The molecular weight excluding hydrogens is 262 g/mol. The van der Waals surface area contributed by atoms with Gasteiger partial charge in [0.2, 0.25) is 5.95 Å². The molecule has 0 aliphatic carbocycles. The Hall–Kier alpha value is -2.56. The molecule has 0 saturated heterocycles. The summed E-state index contributed by atoms with van der Waals surface area (Å²) in [7, 11) is 0. The molecule has 4 rings (SSSR count). The van der Waals surface area contributed by atoms with Crippen LogP contribution in [0.2, 0.25) is 0 Å². The van der Waals surface area contributed by atoms with Crippen molar-refractivity contribution in [3.63, 3.8) is 0 Å². The molecule has 3 aromatic rings. The minimum atomic E-state index is 0.773. The average Bonchev–Trinajstić information content (AvgIpc) is 2.90. The number of nitrogens with zero attached hydrogens (tertiary/aromatic N) is 4. The molecular formula is C16H17N5. The summed E-state index contributed by atoms with van der Waals surface area (Å²) in [5.41, 5.74) is 11.6. The first kappa shape index (κ1) is 12.2. The van der Waals surface area contributed by atoms with Gasteiger partial charge in [0.15, 0.2) is 5.65 Å². The van der Waals surface area contributed by atoms with Gasteiger partial charge in [0, 0.05) is 25.0 Å². The van der Waals surface area contributed by atoms with Gasteiger partial charge in [-0.3, -0.25) is 0 Å². The van der Waals surface area contributed by atoms with Gasteiger partial charge >= 0.3 is 0 Å². The Morgan fingerprint density at radius 2 is 2.10 bits per heavy atom. The SMILES string of the molecule is Cc1ccc2nc(N3CCc4cccc(N)c4C3)nn2c1. The van der Waals surface area contributed by atoms with E-state index in [1.54, 1.807) is 0 Å². The van der Waals surface area contributed by atoms with Crippen molar-refractivity contribution in [3.05, 3.63) is 53.2 Å². The second kappa shape index (κ2) is 4.48. The fraction of sp³-hybridized carbons (Fsp3) is 0.250. The Morgan fingerprint density at radius 3 is 3.00 bits per heavy atom. The summed E-state index contributed by atoms with van der Waals surface area (Å²) in [6.45, 7) is 3.75. The van der Waals surface area contributed by atoms with E-state index in [9.17, 15) is 0 Å². The maximum Gasteiger partial charge on any atom is 0.245 e. The lowest BCUT2D eigenvalue weighted by atomic mass is 9.98. The third kappa shape index (κ3) is 2.01. The minimum absolute atomic E-state index is 0.773. The van der Waals surface area contributed by atoms with Gasteiger partial charge in [-0.2, -0.15) is 4.98 Å². The molecule has 1 aromatic carbocycles. The van der Waals surface area contributed by atoms with Crippen molar-refractivity contribution in [2.24, 2.45) is 0 Å². The predicted octanol–water partition coefficient (Wildman–Crippen LogP) is 2.18. The summed E-state index contributed by atoms with van der Waals surface area (Å²) in [5, 5.41) is 4.59. The monoisotopic (exact) mass is 279 g/mol. The number of nitrogen functional groups attached to an aromatic ring is 1. The molecule has 1 aliphatic heterocycles. The lowest BCUT2D eigenvalue weighted by Gasteiger charge is -2.28. The number of benzene rings is 1. The van der Waals surface area contributed by atoms with Gasteiger partial charge in [0.05, 0.1) is 0 Å². The largest absolute Gasteiger partial charge is 0.398 e. The van der Waals surface area contributed by atoms with E-state index in [0.29, 0.717) is 0 Å². The van der Waals surface area contributed by atoms with Crippen molar-refractivity contribution >= 4 is 17.3 Å². The zero-order valence-corrected chi connectivity index (χ0v) is 12.0. The summed E-state index contributed by atoms with van der Waals surface area (Å²) in [4.78, 5) is 6.81. The Balaban J connectivity index is 1.72. The number of hydrogen-bond acceptors (Lipinski definition) is 4. The third-order valence-electron chi connectivity index (χ3n) is 4.06. The molecule has 0 atom stereocenters. The minimum Gasteiger partial charge on any atom is -0.398 e. The van der Waals surface area contributed by atoms with Crippen molar-refractivity contribution in [3.8, 4) is 0 Å². The predicted molar refractivity (Wildman–Crippen MR) is 83.3 cm³/mol. The molecule has 2 aromatic heterocycles. The maximum absolute atomic E-state index is 6.10. The lowest BCUT2D eigenvalue weighted by Crippen LogP contribution is -2.31. The number of aromatic nitrogens is 3. The highest BCUT2D eigenvalue weighted by Gasteiger charge is 2.21. The number of aryl methyl sites for hydroxylation is 1. The quantitative estimate of drug-likeness (QED) is 0.694. The fourth-order valence-electron chi connectivity index (χ4n) is 2.89. The summed E-state index contributed by atoms with van der Waals surface area (Å²) >= 11 is 0. The van der Waals surface area contributed by atoms with E-state index in [1.807, 2.05) is 28.9 Å². The number of anilines is 2. The standard InChI is InChI=1S/C16H17N5/c1-11-5-6-15-18-16(19-21(15)9-11)20-8-7-12-3-2-4-14(17)13(12)10-20/h2-6,9H,7-8,10,17H2,1H3.